The molecule has 6 heteroatoms. The summed E-state index contributed by atoms with van der Waals surface area (Å²) in [7, 11) is 0. The molecular formula is C15H20N3O3+. The molecule has 2 heterocycles. The van der Waals surface area contributed by atoms with Crippen LogP contribution in [0.5, 0.6) is 0 Å². The summed E-state index contributed by atoms with van der Waals surface area (Å²) >= 11 is 0. The average molecular weight is 290 g/mol. The molecule has 2 aliphatic rings. The van der Waals surface area contributed by atoms with Crippen LogP contribution in [-0.4, -0.2) is 44.2 Å². The largest absolute Gasteiger partial charge is 0.372 e. The standard InChI is InChI=1S/C15H19N3O3/c19-14-10-18(13-6-2-1-5-12(13)17-14)15(20)9-16-8-11-4-3-7-21-11/h1-2,5-6,11,16H,3-4,7-10H2,(H,17,19)/p+1/t11-/m0/s1. The second kappa shape index (κ2) is 6.24. The third-order valence-corrected chi connectivity index (χ3v) is 3.84. The van der Waals surface area contributed by atoms with Crippen LogP contribution >= 0.6 is 0 Å². The Morgan fingerprint density at radius 2 is 2.29 bits per heavy atom. The number of rotatable bonds is 4. The van der Waals surface area contributed by atoms with Gasteiger partial charge in [-0.25, -0.2) is 0 Å². The summed E-state index contributed by atoms with van der Waals surface area (Å²) < 4.78 is 5.53. The molecule has 0 bridgehead atoms. The second-order valence-corrected chi connectivity index (χ2v) is 5.41. The van der Waals surface area contributed by atoms with Gasteiger partial charge in [-0.3, -0.25) is 14.5 Å². The number of para-hydroxylation sites is 2. The van der Waals surface area contributed by atoms with Gasteiger partial charge in [0.2, 0.25) is 5.91 Å². The van der Waals surface area contributed by atoms with E-state index in [2.05, 4.69) is 5.32 Å². The summed E-state index contributed by atoms with van der Waals surface area (Å²) in [5.41, 5.74) is 1.47. The van der Waals surface area contributed by atoms with Gasteiger partial charge in [0.25, 0.3) is 5.91 Å². The number of carbonyl (C=O) groups is 2. The highest BCUT2D eigenvalue weighted by Crippen LogP contribution is 2.28. The molecule has 0 radical (unpaired) electrons. The summed E-state index contributed by atoms with van der Waals surface area (Å²) in [5.74, 6) is -0.198. The molecule has 1 aromatic carbocycles. The Bertz CT molecular complexity index is 541. The highest BCUT2D eigenvalue weighted by Gasteiger charge is 2.27. The van der Waals surface area contributed by atoms with Crippen molar-refractivity contribution in [2.75, 3.05) is 36.5 Å². The fourth-order valence-electron chi connectivity index (χ4n) is 2.79. The molecule has 0 spiro atoms. The molecule has 0 saturated carbocycles. The molecule has 0 aromatic heterocycles. The van der Waals surface area contributed by atoms with Crippen LogP contribution in [0.4, 0.5) is 11.4 Å². The molecule has 0 aliphatic carbocycles. The maximum atomic E-state index is 12.4. The molecule has 3 rings (SSSR count). The number of ether oxygens (including phenoxy) is 1. The molecule has 6 nitrogen and oxygen atoms in total. The highest BCUT2D eigenvalue weighted by molar-refractivity contribution is 6.10. The van der Waals surface area contributed by atoms with E-state index >= 15 is 0 Å². The van der Waals surface area contributed by atoms with E-state index in [9.17, 15) is 9.59 Å². The van der Waals surface area contributed by atoms with Crippen LogP contribution in [0.1, 0.15) is 12.8 Å². The van der Waals surface area contributed by atoms with E-state index in [4.69, 9.17) is 4.74 Å². The number of fused-ring (bicyclic) bond motifs is 1. The van der Waals surface area contributed by atoms with E-state index in [-0.39, 0.29) is 24.5 Å². The lowest BCUT2D eigenvalue weighted by molar-refractivity contribution is -0.649. The lowest BCUT2D eigenvalue weighted by Crippen LogP contribution is -2.88. The summed E-state index contributed by atoms with van der Waals surface area (Å²) in [4.78, 5) is 25.6. The highest BCUT2D eigenvalue weighted by atomic mass is 16.5. The molecule has 1 atom stereocenters. The lowest BCUT2D eigenvalue weighted by Gasteiger charge is -2.28. The predicted molar refractivity (Wildman–Crippen MR) is 78.1 cm³/mol. The van der Waals surface area contributed by atoms with Crippen molar-refractivity contribution in [3.8, 4) is 0 Å². The molecule has 2 aliphatic heterocycles. The first-order valence-electron chi connectivity index (χ1n) is 7.36. The van der Waals surface area contributed by atoms with Crippen LogP contribution < -0.4 is 15.5 Å². The summed E-state index contributed by atoms with van der Waals surface area (Å²) in [6.07, 6.45) is 2.43. The zero-order valence-corrected chi connectivity index (χ0v) is 11.9. The lowest BCUT2D eigenvalue weighted by atomic mass is 10.2. The van der Waals surface area contributed by atoms with E-state index in [1.54, 1.807) is 4.90 Å². The number of nitrogens with zero attached hydrogens (tertiary/aromatic N) is 1. The van der Waals surface area contributed by atoms with E-state index < -0.39 is 0 Å². The van der Waals surface area contributed by atoms with Gasteiger partial charge in [0.1, 0.15) is 19.2 Å². The topological polar surface area (TPSA) is 75.2 Å². The number of anilines is 2. The number of amides is 2. The number of nitrogens with one attached hydrogen (secondary N) is 1. The molecule has 2 amide bonds. The minimum absolute atomic E-state index is 0.0460. The van der Waals surface area contributed by atoms with E-state index in [1.807, 2.05) is 29.6 Å². The van der Waals surface area contributed by atoms with Gasteiger partial charge < -0.3 is 15.4 Å². The maximum Gasteiger partial charge on any atom is 0.282 e. The van der Waals surface area contributed by atoms with Crippen molar-refractivity contribution in [3.63, 3.8) is 0 Å². The quantitative estimate of drug-likeness (QED) is 0.800. The predicted octanol–water partition coefficient (Wildman–Crippen LogP) is -0.286. The monoisotopic (exact) mass is 290 g/mol. The van der Waals surface area contributed by atoms with Gasteiger partial charge in [0.05, 0.1) is 11.4 Å². The van der Waals surface area contributed by atoms with Crippen molar-refractivity contribution in [1.82, 2.24) is 0 Å². The van der Waals surface area contributed by atoms with Crippen molar-refractivity contribution < 1.29 is 19.6 Å². The Balaban J connectivity index is 1.60. The maximum absolute atomic E-state index is 12.4. The first-order chi connectivity index (χ1) is 10.2. The fourth-order valence-corrected chi connectivity index (χ4v) is 2.79. The van der Waals surface area contributed by atoms with Gasteiger partial charge in [0.15, 0.2) is 6.54 Å². The number of hydrogen-bond donors (Lipinski definition) is 2. The summed E-state index contributed by atoms with van der Waals surface area (Å²) in [6, 6.07) is 7.37. The van der Waals surface area contributed by atoms with Crippen LogP contribution in [0.2, 0.25) is 0 Å². The third kappa shape index (κ3) is 3.22. The Kier molecular flexibility index (Phi) is 4.17. The molecule has 1 aromatic rings. The summed E-state index contributed by atoms with van der Waals surface area (Å²) in [5, 5.41) is 4.75. The van der Waals surface area contributed by atoms with Gasteiger partial charge >= 0.3 is 0 Å². The first kappa shape index (κ1) is 14.0. The Morgan fingerprint density at radius 3 is 3.10 bits per heavy atom. The van der Waals surface area contributed by atoms with Crippen molar-refractivity contribution in [2.24, 2.45) is 0 Å². The number of quaternary nitrogens is 1. The number of benzene rings is 1. The molecule has 21 heavy (non-hydrogen) atoms. The zero-order valence-electron chi connectivity index (χ0n) is 11.9. The Hall–Kier alpha value is -1.92. The minimum atomic E-state index is -0.152. The SMILES string of the molecule is O=C1CN(C(=O)C[NH2+]C[C@@H]2CCCO2)c2ccccc2N1. The second-order valence-electron chi connectivity index (χ2n) is 5.41. The number of nitrogens with two attached hydrogens (primary N) is 1. The van der Waals surface area contributed by atoms with Gasteiger partial charge in [-0.15, -0.1) is 0 Å². The average Bonchev–Trinajstić information content (AvgIpc) is 2.99. The van der Waals surface area contributed by atoms with Crippen LogP contribution in [0, 0.1) is 0 Å². The third-order valence-electron chi connectivity index (χ3n) is 3.84. The molecule has 0 unspecified atom stereocenters. The van der Waals surface area contributed by atoms with Gasteiger partial charge in [-0.2, -0.15) is 0 Å². The molecule has 3 N–H and O–H groups in total. The normalized spacial score (nSPS) is 21.0. The summed E-state index contributed by atoms with van der Waals surface area (Å²) in [6.45, 7) is 2.05. The van der Waals surface area contributed by atoms with Crippen LogP contribution in [0.3, 0.4) is 0 Å². The zero-order chi connectivity index (χ0) is 14.7. The molecule has 1 saturated heterocycles. The Labute approximate surface area is 123 Å². The fraction of sp³-hybridized carbons (Fsp3) is 0.467. The smallest absolute Gasteiger partial charge is 0.282 e. The van der Waals surface area contributed by atoms with Crippen molar-refractivity contribution in [3.05, 3.63) is 24.3 Å². The van der Waals surface area contributed by atoms with Crippen molar-refractivity contribution in [1.29, 1.82) is 0 Å². The van der Waals surface area contributed by atoms with Crippen LogP contribution in [-0.2, 0) is 14.3 Å². The van der Waals surface area contributed by atoms with Gasteiger partial charge in [-0.1, -0.05) is 12.1 Å². The van der Waals surface area contributed by atoms with Gasteiger partial charge in [-0.05, 0) is 25.0 Å². The first-order valence-corrected chi connectivity index (χ1v) is 7.36. The van der Waals surface area contributed by atoms with E-state index in [0.29, 0.717) is 12.2 Å². The molecule has 1 fully saturated rings. The number of hydrogen-bond acceptors (Lipinski definition) is 3. The van der Waals surface area contributed by atoms with E-state index in [0.717, 1.165) is 31.7 Å². The van der Waals surface area contributed by atoms with Crippen LogP contribution in [0.25, 0.3) is 0 Å². The minimum Gasteiger partial charge on any atom is -0.372 e. The van der Waals surface area contributed by atoms with Gasteiger partial charge in [0, 0.05) is 6.61 Å². The van der Waals surface area contributed by atoms with Crippen molar-refractivity contribution in [2.45, 2.75) is 18.9 Å². The van der Waals surface area contributed by atoms with Crippen LogP contribution in [0.15, 0.2) is 24.3 Å². The molecule has 112 valence electrons. The van der Waals surface area contributed by atoms with E-state index in [1.165, 1.54) is 0 Å². The van der Waals surface area contributed by atoms with Crippen molar-refractivity contribution >= 4 is 23.2 Å². The Morgan fingerprint density at radius 1 is 1.43 bits per heavy atom. The molecular weight excluding hydrogens is 270 g/mol. The number of carbonyl (C=O) groups excluding carboxylic acids is 2.